The van der Waals surface area contributed by atoms with Gasteiger partial charge < -0.3 is 14.8 Å². The van der Waals surface area contributed by atoms with Gasteiger partial charge >= 0.3 is 0 Å². The Morgan fingerprint density at radius 3 is 2.46 bits per heavy atom. The number of aromatic amines is 1. The van der Waals surface area contributed by atoms with Gasteiger partial charge in [0.05, 0.1) is 5.69 Å². The average molecular weight is 504 g/mol. The average Bonchev–Trinajstić information content (AvgIpc) is 3.25. The first-order chi connectivity index (χ1) is 16.9. The van der Waals surface area contributed by atoms with Gasteiger partial charge in [0.25, 0.3) is 5.91 Å². The fraction of sp³-hybridized carbons (Fsp3) is 0.214. The van der Waals surface area contributed by atoms with Crippen LogP contribution in [0.3, 0.4) is 0 Å². The lowest BCUT2D eigenvalue weighted by Crippen LogP contribution is -2.67. The second kappa shape index (κ2) is 8.14. The minimum atomic E-state index is -1.14. The number of rotatable bonds is 3. The molecule has 35 heavy (non-hydrogen) atoms. The SMILES string of the molecule is C[C@]12C(=O)N(Cc3ccccc3Cl)CC(=O)N1CC(c1ccc(Cl)cc1)c1c2[nH]c2ccccc12. The Morgan fingerprint density at radius 1 is 0.971 bits per heavy atom. The Morgan fingerprint density at radius 2 is 1.69 bits per heavy atom. The fourth-order valence-corrected chi connectivity index (χ4v) is 5.95. The molecule has 0 spiro atoms. The van der Waals surface area contributed by atoms with Crippen molar-refractivity contribution in [2.75, 3.05) is 13.1 Å². The van der Waals surface area contributed by atoms with Gasteiger partial charge in [-0.05, 0) is 47.9 Å². The van der Waals surface area contributed by atoms with Crippen LogP contribution < -0.4 is 0 Å². The first-order valence-electron chi connectivity index (χ1n) is 11.6. The molecule has 2 aliphatic rings. The van der Waals surface area contributed by atoms with Crippen LogP contribution >= 0.6 is 23.2 Å². The largest absolute Gasteiger partial charge is 0.356 e. The van der Waals surface area contributed by atoms with Crippen molar-refractivity contribution in [3.05, 3.63) is 105 Å². The van der Waals surface area contributed by atoms with E-state index < -0.39 is 5.54 Å². The third-order valence-electron chi connectivity index (χ3n) is 7.41. The smallest absolute Gasteiger partial charge is 0.255 e. The van der Waals surface area contributed by atoms with E-state index in [0.29, 0.717) is 16.6 Å². The van der Waals surface area contributed by atoms with Crippen LogP contribution in [0.5, 0.6) is 0 Å². The fourth-order valence-electron chi connectivity index (χ4n) is 5.63. The number of hydrogen-bond acceptors (Lipinski definition) is 2. The summed E-state index contributed by atoms with van der Waals surface area (Å²) in [5.74, 6) is -0.278. The Bertz CT molecular complexity index is 1480. The van der Waals surface area contributed by atoms with E-state index in [9.17, 15) is 9.59 Å². The number of nitrogens with one attached hydrogen (secondary N) is 1. The molecule has 3 heterocycles. The lowest BCUT2D eigenvalue weighted by atomic mass is 9.76. The number of nitrogens with zero attached hydrogens (tertiary/aromatic N) is 2. The zero-order valence-corrected chi connectivity index (χ0v) is 20.6. The number of halogens is 2. The summed E-state index contributed by atoms with van der Waals surface area (Å²) in [6, 6.07) is 23.2. The van der Waals surface area contributed by atoms with Crippen molar-refractivity contribution in [3.8, 4) is 0 Å². The van der Waals surface area contributed by atoms with Crippen LogP contribution in [0.15, 0.2) is 72.8 Å². The van der Waals surface area contributed by atoms with E-state index in [2.05, 4.69) is 11.1 Å². The van der Waals surface area contributed by atoms with Gasteiger partial charge in [-0.2, -0.15) is 0 Å². The lowest BCUT2D eigenvalue weighted by molar-refractivity contribution is -0.166. The maximum Gasteiger partial charge on any atom is 0.255 e. The molecule has 176 valence electrons. The predicted molar refractivity (Wildman–Crippen MR) is 138 cm³/mol. The number of H-pyrrole nitrogens is 1. The van der Waals surface area contributed by atoms with Crippen LogP contribution in [0.25, 0.3) is 10.9 Å². The highest BCUT2D eigenvalue weighted by Crippen LogP contribution is 2.48. The molecule has 1 unspecified atom stereocenters. The summed E-state index contributed by atoms with van der Waals surface area (Å²) in [7, 11) is 0. The Hall–Kier alpha value is -3.28. The van der Waals surface area contributed by atoms with Crippen LogP contribution in [0.4, 0.5) is 0 Å². The van der Waals surface area contributed by atoms with Crippen molar-refractivity contribution in [1.29, 1.82) is 0 Å². The highest BCUT2D eigenvalue weighted by molar-refractivity contribution is 6.31. The molecule has 5 nitrogen and oxygen atoms in total. The number of fused-ring (bicyclic) bond motifs is 5. The van der Waals surface area contributed by atoms with Crippen molar-refractivity contribution in [3.63, 3.8) is 0 Å². The van der Waals surface area contributed by atoms with Crippen molar-refractivity contribution in [1.82, 2.24) is 14.8 Å². The summed E-state index contributed by atoms with van der Waals surface area (Å²) in [4.78, 5) is 34.6. The van der Waals surface area contributed by atoms with Crippen LogP contribution in [-0.2, 0) is 21.7 Å². The third-order valence-corrected chi connectivity index (χ3v) is 8.03. The second-order valence-corrected chi connectivity index (χ2v) is 10.2. The van der Waals surface area contributed by atoms with Gasteiger partial charge in [-0.25, -0.2) is 0 Å². The van der Waals surface area contributed by atoms with Gasteiger partial charge in [0.2, 0.25) is 5.91 Å². The molecule has 0 aliphatic carbocycles. The van der Waals surface area contributed by atoms with E-state index in [4.69, 9.17) is 23.2 Å². The van der Waals surface area contributed by atoms with E-state index in [-0.39, 0.29) is 30.8 Å². The molecule has 0 radical (unpaired) electrons. The van der Waals surface area contributed by atoms with Crippen LogP contribution in [-0.4, -0.2) is 39.7 Å². The number of amides is 2. The van der Waals surface area contributed by atoms with Gasteiger partial charge in [-0.3, -0.25) is 9.59 Å². The van der Waals surface area contributed by atoms with Crippen LogP contribution in [0.1, 0.15) is 35.2 Å². The number of carbonyl (C=O) groups excluding carboxylic acids is 2. The third kappa shape index (κ3) is 3.37. The molecule has 1 aromatic heterocycles. The molecule has 1 N–H and O–H groups in total. The molecule has 0 bridgehead atoms. The second-order valence-electron chi connectivity index (χ2n) is 9.39. The number of benzene rings is 3. The standard InChI is InChI=1S/C28H23Cl2N3O2/c1-28-26-25(20-7-3-5-9-23(20)31-26)21(17-10-12-19(29)13-11-17)15-33(28)24(34)16-32(27(28)35)14-18-6-2-4-8-22(18)30/h2-13,21,31H,14-16H2,1H3/t21?,28-/m0/s1. The molecule has 7 heteroatoms. The zero-order valence-electron chi connectivity index (χ0n) is 19.1. The van der Waals surface area contributed by atoms with E-state index in [0.717, 1.165) is 33.3 Å². The molecule has 6 rings (SSSR count). The van der Waals surface area contributed by atoms with E-state index >= 15 is 0 Å². The molecule has 1 fully saturated rings. The summed E-state index contributed by atoms with van der Waals surface area (Å²) >= 11 is 12.5. The number of aromatic nitrogens is 1. The van der Waals surface area contributed by atoms with Crippen molar-refractivity contribution < 1.29 is 9.59 Å². The molecule has 2 amide bonds. The maximum absolute atomic E-state index is 14.1. The van der Waals surface area contributed by atoms with E-state index in [1.54, 1.807) is 15.9 Å². The number of piperazine rings is 1. The molecule has 2 aliphatic heterocycles. The normalized spacial score (nSPS) is 21.9. The topological polar surface area (TPSA) is 56.4 Å². The Labute approximate surface area is 213 Å². The van der Waals surface area contributed by atoms with Crippen molar-refractivity contribution >= 4 is 45.9 Å². The summed E-state index contributed by atoms with van der Waals surface area (Å²) in [6.07, 6.45) is 0. The number of hydrogen-bond donors (Lipinski definition) is 1. The Balaban J connectivity index is 1.51. The highest BCUT2D eigenvalue weighted by Gasteiger charge is 2.56. The lowest BCUT2D eigenvalue weighted by Gasteiger charge is -2.51. The zero-order chi connectivity index (χ0) is 24.3. The van der Waals surface area contributed by atoms with E-state index in [1.807, 2.05) is 67.6 Å². The maximum atomic E-state index is 14.1. The van der Waals surface area contributed by atoms with Gasteiger partial charge in [-0.1, -0.05) is 71.7 Å². The molecule has 3 aromatic carbocycles. The van der Waals surface area contributed by atoms with Crippen LogP contribution in [0.2, 0.25) is 10.0 Å². The minimum Gasteiger partial charge on any atom is -0.356 e. The summed E-state index contributed by atoms with van der Waals surface area (Å²) < 4.78 is 0. The van der Waals surface area contributed by atoms with Crippen molar-refractivity contribution in [2.45, 2.75) is 24.9 Å². The molecule has 1 saturated heterocycles. The predicted octanol–water partition coefficient (Wildman–Crippen LogP) is 5.71. The minimum absolute atomic E-state index is 0.0164. The van der Waals surface area contributed by atoms with Crippen LogP contribution in [0, 0.1) is 0 Å². The number of para-hydroxylation sites is 1. The molecule has 4 aromatic rings. The molecular weight excluding hydrogens is 481 g/mol. The Kier molecular flexibility index (Phi) is 5.17. The van der Waals surface area contributed by atoms with Gasteiger partial charge in [0, 0.05) is 40.0 Å². The highest BCUT2D eigenvalue weighted by atomic mass is 35.5. The van der Waals surface area contributed by atoms with Crippen molar-refractivity contribution in [2.24, 2.45) is 0 Å². The molecule has 0 saturated carbocycles. The first kappa shape index (κ1) is 22.2. The van der Waals surface area contributed by atoms with Gasteiger partial charge in [0.15, 0.2) is 5.54 Å². The van der Waals surface area contributed by atoms with Gasteiger partial charge in [0.1, 0.15) is 6.54 Å². The number of carbonyl (C=O) groups is 2. The van der Waals surface area contributed by atoms with E-state index in [1.165, 1.54) is 0 Å². The summed E-state index contributed by atoms with van der Waals surface area (Å²) in [6.45, 7) is 2.57. The summed E-state index contributed by atoms with van der Waals surface area (Å²) in [5, 5.41) is 2.30. The molecular formula is C28H23Cl2N3O2. The van der Waals surface area contributed by atoms with Gasteiger partial charge in [-0.15, -0.1) is 0 Å². The quantitative estimate of drug-likeness (QED) is 0.389. The first-order valence-corrected chi connectivity index (χ1v) is 12.3. The molecule has 2 atom stereocenters. The summed E-state index contributed by atoms with van der Waals surface area (Å²) in [5.41, 5.74) is 3.51. The monoisotopic (exact) mass is 503 g/mol.